The van der Waals surface area contributed by atoms with Gasteiger partial charge in [-0.25, -0.2) is 0 Å². The van der Waals surface area contributed by atoms with Gasteiger partial charge < -0.3 is 5.32 Å². The third-order valence-corrected chi connectivity index (χ3v) is 2.63. The fraction of sp³-hybridized carbons (Fsp3) is 0.462. The third-order valence-electron chi connectivity index (χ3n) is 2.26. The number of hydrogen-bond acceptors (Lipinski definition) is 2. The van der Waals surface area contributed by atoms with Crippen LogP contribution < -0.4 is 5.32 Å². The highest BCUT2D eigenvalue weighted by Crippen LogP contribution is 2.16. The van der Waals surface area contributed by atoms with Gasteiger partial charge >= 0.3 is 0 Å². The van der Waals surface area contributed by atoms with Gasteiger partial charge in [0.25, 0.3) is 0 Å². The van der Waals surface area contributed by atoms with Crippen molar-refractivity contribution < 1.29 is 4.79 Å². The Kier molecular flexibility index (Phi) is 5.45. The Labute approximate surface area is 108 Å². The molecule has 0 aromatic heterocycles. The molecular weight excluding hydrogens is 236 g/mol. The van der Waals surface area contributed by atoms with Crippen molar-refractivity contribution in [3.8, 4) is 0 Å². The summed E-state index contributed by atoms with van der Waals surface area (Å²) in [5, 5.41) is 3.60. The van der Waals surface area contributed by atoms with Gasteiger partial charge in [-0.05, 0) is 32.5 Å². The molecule has 1 aromatic carbocycles. The van der Waals surface area contributed by atoms with Crippen LogP contribution in [0.2, 0.25) is 5.02 Å². The monoisotopic (exact) mass is 254 g/mol. The molecular formula is C13H19ClN2O. The van der Waals surface area contributed by atoms with E-state index >= 15 is 0 Å². The van der Waals surface area contributed by atoms with Gasteiger partial charge in [-0.15, -0.1) is 0 Å². The lowest BCUT2D eigenvalue weighted by atomic mass is 10.2. The van der Waals surface area contributed by atoms with Crippen molar-refractivity contribution in [3.63, 3.8) is 0 Å². The van der Waals surface area contributed by atoms with Crippen LogP contribution in [-0.2, 0) is 11.3 Å². The van der Waals surface area contributed by atoms with E-state index in [-0.39, 0.29) is 11.9 Å². The van der Waals surface area contributed by atoms with E-state index < -0.39 is 0 Å². The maximum absolute atomic E-state index is 11.6. The van der Waals surface area contributed by atoms with Crippen LogP contribution in [0.5, 0.6) is 0 Å². The minimum absolute atomic E-state index is 0.0366. The van der Waals surface area contributed by atoms with E-state index in [1.54, 1.807) is 0 Å². The Bertz CT molecular complexity index is 379. The molecule has 17 heavy (non-hydrogen) atoms. The molecule has 0 bridgehead atoms. The van der Waals surface area contributed by atoms with Gasteiger partial charge in [-0.2, -0.15) is 0 Å². The van der Waals surface area contributed by atoms with E-state index in [1.807, 2.05) is 50.1 Å². The van der Waals surface area contributed by atoms with Gasteiger partial charge in [0.05, 0.1) is 6.54 Å². The molecule has 1 rings (SSSR count). The summed E-state index contributed by atoms with van der Waals surface area (Å²) in [5.41, 5.74) is 1.04. The fourth-order valence-corrected chi connectivity index (χ4v) is 1.78. The normalized spacial score (nSPS) is 10.9. The van der Waals surface area contributed by atoms with Gasteiger partial charge in [0.15, 0.2) is 0 Å². The average molecular weight is 255 g/mol. The van der Waals surface area contributed by atoms with Crippen molar-refractivity contribution in [2.45, 2.75) is 26.4 Å². The predicted molar refractivity (Wildman–Crippen MR) is 71.1 cm³/mol. The molecule has 0 aliphatic rings. The van der Waals surface area contributed by atoms with Crippen LogP contribution in [0.15, 0.2) is 24.3 Å². The summed E-state index contributed by atoms with van der Waals surface area (Å²) in [4.78, 5) is 13.5. The Hall–Kier alpha value is -1.06. The molecule has 3 nitrogen and oxygen atoms in total. The molecule has 1 aromatic rings. The van der Waals surface area contributed by atoms with Crippen molar-refractivity contribution >= 4 is 17.5 Å². The number of nitrogens with zero attached hydrogens (tertiary/aromatic N) is 1. The minimum atomic E-state index is 0.0366. The number of carbonyl (C=O) groups is 1. The summed E-state index contributed by atoms with van der Waals surface area (Å²) in [6.07, 6.45) is 0. The quantitative estimate of drug-likeness (QED) is 0.875. The molecule has 4 heteroatoms. The molecule has 0 atom stereocenters. The number of hydrogen-bond donors (Lipinski definition) is 1. The summed E-state index contributed by atoms with van der Waals surface area (Å²) in [6, 6.07) is 7.86. The minimum Gasteiger partial charge on any atom is -0.353 e. The van der Waals surface area contributed by atoms with Crippen LogP contribution in [-0.4, -0.2) is 30.4 Å². The molecule has 0 aliphatic carbocycles. The van der Waals surface area contributed by atoms with Crippen LogP contribution in [0.4, 0.5) is 0 Å². The van der Waals surface area contributed by atoms with E-state index in [9.17, 15) is 4.79 Å². The average Bonchev–Trinajstić information content (AvgIpc) is 2.19. The van der Waals surface area contributed by atoms with Crippen LogP contribution in [0.25, 0.3) is 0 Å². The number of benzene rings is 1. The highest BCUT2D eigenvalue weighted by molar-refractivity contribution is 6.31. The third kappa shape index (κ3) is 5.20. The Morgan fingerprint density at radius 2 is 2.06 bits per heavy atom. The predicted octanol–water partition coefficient (Wildman–Crippen LogP) is 2.30. The van der Waals surface area contributed by atoms with Gasteiger partial charge in [0, 0.05) is 17.6 Å². The van der Waals surface area contributed by atoms with Crippen molar-refractivity contribution in [2.24, 2.45) is 0 Å². The van der Waals surface area contributed by atoms with E-state index in [4.69, 9.17) is 11.6 Å². The zero-order valence-corrected chi connectivity index (χ0v) is 11.3. The first-order chi connectivity index (χ1) is 7.99. The summed E-state index contributed by atoms with van der Waals surface area (Å²) in [7, 11) is 1.91. The molecule has 1 N–H and O–H groups in total. The number of rotatable bonds is 5. The molecule has 0 aliphatic heterocycles. The number of halogens is 1. The number of likely N-dealkylation sites (N-methyl/N-ethyl adjacent to an activating group) is 1. The summed E-state index contributed by atoms with van der Waals surface area (Å²) in [6.45, 7) is 4.95. The first kappa shape index (κ1) is 14.0. The lowest BCUT2D eigenvalue weighted by Gasteiger charge is -2.18. The maximum Gasteiger partial charge on any atom is 0.234 e. The lowest BCUT2D eigenvalue weighted by Crippen LogP contribution is -2.38. The second kappa shape index (κ2) is 6.62. The molecule has 0 spiro atoms. The van der Waals surface area contributed by atoms with Gasteiger partial charge in [0.2, 0.25) is 5.91 Å². The zero-order valence-electron chi connectivity index (χ0n) is 10.5. The molecule has 0 radical (unpaired) electrons. The standard InChI is InChI=1S/C13H19ClN2O/c1-10(2)15-13(17)9-16(3)8-11-6-4-5-7-12(11)14/h4-7,10H,8-9H2,1-3H3,(H,15,17). The highest BCUT2D eigenvalue weighted by Gasteiger charge is 2.09. The molecule has 1 amide bonds. The molecule has 0 saturated heterocycles. The van der Waals surface area contributed by atoms with Crippen molar-refractivity contribution in [1.82, 2.24) is 10.2 Å². The molecule has 94 valence electrons. The molecule has 0 fully saturated rings. The largest absolute Gasteiger partial charge is 0.353 e. The van der Waals surface area contributed by atoms with E-state index in [0.29, 0.717) is 13.1 Å². The van der Waals surface area contributed by atoms with Crippen LogP contribution >= 0.6 is 11.6 Å². The Balaban J connectivity index is 2.47. The van der Waals surface area contributed by atoms with Crippen LogP contribution in [0.3, 0.4) is 0 Å². The number of carbonyl (C=O) groups excluding carboxylic acids is 1. The first-order valence-electron chi connectivity index (χ1n) is 5.70. The number of amides is 1. The lowest BCUT2D eigenvalue weighted by molar-refractivity contribution is -0.122. The molecule has 0 saturated carbocycles. The maximum atomic E-state index is 11.6. The van der Waals surface area contributed by atoms with Gasteiger partial charge in [-0.3, -0.25) is 9.69 Å². The van der Waals surface area contributed by atoms with Gasteiger partial charge in [0.1, 0.15) is 0 Å². The van der Waals surface area contributed by atoms with Crippen molar-refractivity contribution in [3.05, 3.63) is 34.9 Å². The summed E-state index contributed by atoms with van der Waals surface area (Å²) in [5.74, 6) is 0.0366. The zero-order chi connectivity index (χ0) is 12.8. The summed E-state index contributed by atoms with van der Waals surface area (Å²) >= 11 is 6.06. The van der Waals surface area contributed by atoms with Crippen LogP contribution in [0, 0.1) is 0 Å². The SMILES string of the molecule is CC(C)NC(=O)CN(C)Cc1ccccc1Cl. The Morgan fingerprint density at radius 3 is 2.65 bits per heavy atom. The van der Waals surface area contributed by atoms with Crippen LogP contribution in [0.1, 0.15) is 19.4 Å². The first-order valence-corrected chi connectivity index (χ1v) is 6.08. The van der Waals surface area contributed by atoms with Gasteiger partial charge in [-0.1, -0.05) is 29.8 Å². The summed E-state index contributed by atoms with van der Waals surface area (Å²) < 4.78 is 0. The highest BCUT2D eigenvalue weighted by atomic mass is 35.5. The van der Waals surface area contributed by atoms with E-state index in [2.05, 4.69) is 5.32 Å². The topological polar surface area (TPSA) is 32.3 Å². The van der Waals surface area contributed by atoms with E-state index in [0.717, 1.165) is 10.6 Å². The smallest absolute Gasteiger partial charge is 0.234 e. The van der Waals surface area contributed by atoms with E-state index in [1.165, 1.54) is 0 Å². The Morgan fingerprint density at radius 1 is 1.41 bits per heavy atom. The van der Waals surface area contributed by atoms with Crippen molar-refractivity contribution in [2.75, 3.05) is 13.6 Å². The van der Waals surface area contributed by atoms with Crippen molar-refractivity contribution in [1.29, 1.82) is 0 Å². The fourth-order valence-electron chi connectivity index (χ4n) is 1.59. The molecule has 0 heterocycles. The second-order valence-electron chi connectivity index (χ2n) is 4.49. The molecule has 0 unspecified atom stereocenters. The number of nitrogens with one attached hydrogen (secondary N) is 1. The second-order valence-corrected chi connectivity index (χ2v) is 4.89.